The third kappa shape index (κ3) is 4.01. The predicted molar refractivity (Wildman–Crippen MR) is 122 cm³/mol. The first-order valence-corrected chi connectivity index (χ1v) is 11.5. The minimum atomic E-state index is -0.745. The maximum Gasteiger partial charge on any atom is 0.290 e. The summed E-state index contributed by atoms with van der Waals surface area (Å²) in [7, 11) is 3.87. The van der Waals surface area contributed by atoms with Crippen LogP contribution >= 0.6 is 22.7 Å². The van der Waals surface area contributed by atoms with E-state index in [1.165, 1.54) is 23.5 Å². The second-order valence-corrected chi connectivity index (χ2v) is 9.44. The van der Waals surface area contributed by atoms with Crippen molar-refractivity contribution in [2.75, 3.05) is 20.6 Å². The summed E-state index contributed by atoms with van der Waals surface area (Å²) >= 11 is 2.86. The van der Waals surface area contributed by atoms with Gasteiger partial charge < -0.3 is 20.0 Å². The van der Waals surface area contributed by atoms with Gasteiger partial charge >= 0.3 is 0 Å². The molecule has 0 bridgehead atoms. The van der Waals surface area contributed by atoms with Crippen LogP contribution in [-0.4, -0.2) is 52.3 Å². The first-order valence-electron chi connectivity index (χ1n) is 9.69. The molecular formula is C23H22N2O4S2. The Balaban J connectivity index is 1.78. The number of benzene rings is 1. The fraction of sp³-hybridized carbons (Fsp3) is 0.217. The zero-order chi connectivity index (χ0) is 22.1. The van der Waals surface area contributed by atoms with E-state index >= 15 is 0 Å². The zero-order valence-corrected chi connectivity index (χ0v) is 18.7. The van der Waals surface area contributed by atoms with Crippen LogP contribution in [0.5, 0.6) is 5.75 Å². The van der Waals surface area contributed by atoms with E-state index in [1.54, 1.807) is 45.9 Å². The molecule has 2 N–H and O–H groups in total. The fourth-order valence-corrected chi connectivity index (χ4v) is 5.38. The van der Waals surface area contributed by atoms with Crippen molar-refractivity contribution in [3.8, 4) is 5.75 Å². The fourth-order valence-electron chi connectivity index (χ4n) is 3.79. The number of hydrogen-bond acceptors (Lipinski definition) is 7. The van der Waals surface area contributed by atoms with E-state index in [4.69, 9.17) is 0 Å². The lowest BCUT2D eigenvalue weighted by atomic mass is 9.95. The molecule has 1 aliphatic rings. The van der Waals surface area contributed by atoms with E-state index < -0.39 is 17.7 Å². The molecule has 6 nitrogen and oxygen atoms in total. The molecule has 8 heteroatoms. The van der Waals surface area contributed by atoms with Gasteiger partial charge in [0, 0.05) is 11.4 Å². The summed E-state index contributed by atoms with van der Waals surface area (Å²) in [5.41, 5.74) is 0.723. The van der Waals surface area contributed by atoms with Crippen LogP contribution in [0.2, 0.25) is 0 Å². The molecule has 0 fully saturated rings. The molecule has 0 aliphatic carbocycles. The van der Waals surface area contributed by atoms with E-state index in [9.17, 15) is 19.8 Å². The average Bonchev–Trinajstić information content (AvgIpc) is 3.50. The highest BCUT2D eigenvalue weighted by molar-refractivity contribution is 7.12. The van der Waals surface area contributed by atoms with Crippen LogP contribution in [0.15, 0.2) is 70.6 Å². The summed E-state index contributed by atoms with van der Waals surface area (Å²) in [4.78, 5) is 31.5. The summed E-state index contributed by atoms with van der Waals surface area (Å²) in [5.74, 6) is -1.36. The van der Waals surface area contributed by atoms with E-state index in [-0.39, 0.29) is 23.1 Å². The van der Waals surface area contributed by atoms with Crippen LogP contribution in [-0.2, 0) is 4.79 Å². The van der Waals surface area contributed by atoms with Gasteiger partial charge in [-0.3, -0.25) is 9.59 Å². The molecule has 3 aromatic rings. The van der Waals surface area contributed by atoms with E-state index in [1.807, 2.05) is 36.5 Å². The van der Waals surface area contributed by atoms with Gasteiger partial charge in [-0.05, 0) is 54.7 Å². The number of hydrogen-bond donors (Lipinski definition) is 2. The van der Waals surface area contributed by atoms with Crippen molar-refractivity contribution in [2.24, 2.45) is 0 Å². The second-order valence-electron chi connectivity index (χ2n) is 7.52. The lowest BCUT2D eigenvalue weighted by Crippen LogP contribution is -2.38. The van der Waals surface area contributed by atoms with Gasteiger partial charge in [-0.2, -0.15) is 0 Å². The summed E-state index contributed by atoms with van der Waals surface area (Å²) < 4.78 is 0. The van der Waals surface area contributed by atoms with Gasteiger partial charge in [-0.1, -0.05) is 24.3 Å². The molecular weight excluding hydrogens is 432 g/mol. The second kappa shape index (κ2) is 8.66. The number of rotatable bonds is 7. The number of amides is 1. The molecule has 31 heavy (non-hydrogen) atoms. The Morgan fingerprint density at radius 1 is 1.06 bits per heavy atom. The Bertz CT molecular complexity index is 1100. The molecule has 2 atom stereocenters. The maximum absolute atomic E-state index is 13.3. The van der Waals surface area contributed by atoms with Crippen molar-refractivity contribution in [1.29, 1.82) is 0 Å². The number of thiophene rings is 2. The molecule has 1 amide bonds. The molecule has 0 radical (unpaired) electrons. The van der Waals surface area contributed by atoms with Gasteiger partial charge in [-0.25, -0.2) is 0 Å². The predicted octanol–water partition coefficient (Wildman–Crippen LogP) is 4.40. The van der Waals surface area contributed by atoms with Gasteiger partial charge in [0.15, 0.2) is 5.76 Å². The van der Waals surface area contributed by atoms with Crippen molar-refractivity contribution in [3.05, 3.63) is 85.9 Å². The monoisotopic (exact) mass is 454 g/mol. The number of likely N-dealkylation sites (N-methyl/N-ethyl adjacent to an activating group) is 1. The molecule has 0 saturated heterocycles. The number of phenols is 1. The molecule has 160 valence electrons. The normalized spacial score (nSPS) is 17.6. The third-order valence-electron chi connectivity index (χ3n) is 5.37. The maximum atomic E-state index is 13.3. The van der Waals surface area contributed by atoms with Crippen LogP contribution in [0, 0.1) is 0 Å². The van der Waals surface area contributed by atoms with Crippen molar-refractivity contribution in [2.45, 2.75) is 12.1 Å². The minimum absolute atomic E-state index is 0.0711. The molecule has 1 aliphatic heterocycles. The molecule has 2 aromatic heterocycles. The quantitative estimate of drug-likeness (QED) is 0.518. The smallest absolute Gasteiger partial charge is 0.290 e. The Labute approximate surface area is 188 Å². The number of phenolic OH excluding ortho intramolecular Hbond substituents is 1. The van der Waals surface area contributed by atoms with Crippen LogP contribution < -0.4 is 0 Å². The van der Waals surface area contributed by atoms with Crippen molar-refractivity contribution in [3.63, 3.8) is 0 Å². The highest BCUT2D eigenvalue weighted by atomic mass is 32.1. The number of Topliss-reactive ketones (excluding diaryl/α,β-unsaturated/α-hetero) is 1. The molecule has 4 rings (SSSR count). The number of aromatic hydroxyl groups is 1. The largest absolute Gasteiger partial charge is 0.508 e. The van der Waals surface area contributed by atoms with Crippen LogP contribution in [0.4, 0.5) is 0 Å². The Morgan fingerprint density at radius 2 is 1.74 bits per heavy atom. The van der Waals surface area contributed by atoms with E-state index in [2.05, 4.69) is 0 Å². The van der Waals surface area contributed by atoms with Gasteiger partial charge in [0.2, 0.25) is 5.78 Å². The summed E-state index contributed by atoms with van der Waals surface area (Å²) in [6.45, 7) is 0.295. The van der Waals surface area contributed by atoms with Crippen LogP contribution in [0.25, 0.3) is 0 Å². The molecule has 0 unspecified atom stereocenters. The topological polar surface area (TPSA) is 81.1 Å². The van der Waals surface area contributed by atoms with Gasteiger partial charge in [0.1, 0.15) is 5.75 Å². The standard InChI is InChI=1S/C23H22N2O4S2/c1-24(2)16(17-5-3-11-30-17)13-25-20(14-7-9-15(26)10-8-14)19(22(28)23(25)29)21(27)18-6-4-12-31-18/h3-12,16,20,26,28H,13H2,1-2H3/t16-,20-/m0/s1. The third-order valence-corrected chi connectivity index (χ3v) is 7.21. The number of aliphatic hydroxyl groups excluding tert-OH is 1. The summed E-state index contributed by atoms with van der Waals surface area (Å²) in [6.07, 6.45) is 0. The first-order chi connectivity index (χ1) is 14.9. The van der Waals surface area contributed by atoms with Crippen molar-refractivity contribution < 1.29 is 19.8 Å². The number of carbonyl (C=O) groups excluding carboxylic acids is 2. The lowest BCUT2D eigenvalue weighted by molar-refractivity contribution is -0.130. The Kier molecular flexibility index (Phi) is 5.95. The minimum Gasteiger partial charge on any atom is -0.508 e. The van der Waals surface area contributed by atoms with Gasteiger partial charge in [-0.15, -0.1) is 22.7 Å². The molecule has 0 saturated carbocycles. The SMILES string of the molecule is CN(C)[C@@H](CN1C(=O)C(O)=C(C(=O)c2cccs2)[C@@H]1c1ccc(O)cc1)c1cccs1. The Morgan fingerprint density at radius 3 is 2.32 bits per heavy atom. The van der Waals surface area contributed by atoms with Crippen LogP contribution in [0.3, 0.4) is 0 Å². The Hall–Kier alpha value is -2.94. The molecule has 0 spiro atoms. The average molecular weight is 455 g/mol. The summed E-state index contributed by atoms with van der Waals surface area (Å²) in [5, 5.41) is 24.3. The molecule has 1 aromatic carbocycles. The zero-order valence-electron chi connectivity index (χ0n) is 17.1. The highest BCUT2D eigenvalue weighted by Crippen LogP contribution is 2.41. The van der Waals surface area contributed by atoms with Crippen LogP contribution in [0.1, 0.15) is 32.2 Å². The lowest BCUT2D eigenvalue weighted by Gasteiger charge is -2.33. The number of nitrogens with zero attached hydrogens (tertiary/aromatic N) is 2. The van der Waals surface area contributed by atoms with Gasteiger partial charge in [0.05, 0.1) is 22.5 Å². The first kappa shape index (κ1) is 21.3. The number of aliphatic hydroxyl groups is 1. The van der Waals surface area contributed by atoms with E-state index in [0.717, 1.165) is 4.88 Å². The van der Waals surface area contributed by atoms with Crippen molar-refractivity contribution >= 4 is 34.4 Å². The number of ketones is 1. The number of carbonyl (C=O) groups is 2. The summed E-state index contributed by atoms with van der Waals surface area (Å²) in [6, 6.07) is 13.0. The molecule has 3 heterocycles. The van der Waals surface area contributed by atoms with Crippen molar-refractivity contribution in [1.82, 2.24) is 9.80 Å². The highest BCUT2D eigenvalue weighted by Gasteiger charge is 2.45. The van der Waals surface area contributed by atoms with Gasteiger partial charge in [0.25, 0.3) is 5.91 Å². The van der Waals surface area contributed by atoms with E-state index in [0.29, 0.717) is 17.0 Å².